The monoisotopic (exact) mass is 227 g/mol. The maximum Gasteiger partial charge on any atom is 0.161 e. The van der Waals surface area contributed by atoms with Crippen LogP contribution >= 0.6 is 23.4 Å². The van der Waals surface area contributed by atoms with Gasteiger partial charge in [0.2, 0.25) is 0 Å². The summed E-state index contributed by atoms with van der Waals surface area (Å²) in [5, 5.41) is 8.89. The largest absolute Gasteiger partial charge is 0.397 e. The Labute approximate surface area is 91.7 Å². The average molecular weight is 228 g/mol. The molecule has 1 aliphatic rings. The molecule has 0 spiro atoms. The molecule has 0 atom stereocenters. The molecular weight excluding hydrogens is 218 g/mol. The van der Waals surface area contributed by atoms with Gasteiger partial charge in [0.15, 0.2) is 5.17 Å². The molecule has 0 bridgehead atoms. The van der Waals surface area contributed by atoms with Crippen LogP contribution in [0.25, 0.3) is 0 Å². The van der Waals surface area contributed by atoms with E-state index in [1.54, 1.807) is 18.2 Å². The van der Waals surface area contributed by atoms with Crippen molar-refractivity contribution >= 4 is 39.9 Å². The van der Waals surface area contributed by atoms with E-state index in [1.807, 2.05) is 4.90 Å². The molecule has 1 heterocycles. The number of nitrogens with two attached hydrogens (primary N) is 1. The highest BCUT2D eigenvalue weighted by atomic mass is 35.5. The standard InChI is InChI=1S/C9H10ClN3S/c10-6-1-2-7(11)8(5-6)13-3-4-14-9(13)12/h1-2,5,12H,3-4,11H2. The third-order valence-electron chi connectivity index (χ3n) is 2.08. The van der Waals surface area contributed by atoms with Crippen molar-refractivity contribution in [1.82, 2.24) is 0 Å². The van der Waals surface area contributed by atoms with Gasteiger partial charge < -0.3 is 10.6 Å². The third kappa shape index (κ3) is 1.67. The highest BCUT2D eigenvalue weighted by Gasteiger charge is 2.21. The summed E-state index contributed by atoms with van der Waals surface area (Å²) in [7, 11) is 0. The normalized spacial score (nSPS) is 16.4. The van der Waals surface area contributed by atoms with E-state index in [2.05, 4.69) is 0 Å². The van der Waals surface area contributed by atoms with Crippen molar-refractivity contribution in [3.8, 4) is 0 Å². The molecule has 5 heteroatoms. The molecule has 0 unspecified atom stereocenters. The van der Waals surface area contributed by atoms with Crippen LogP contribution < -0.4 is 10.6 Å². The van der Waals surface area contributed by atoms with E-state index in [0.29, 0.717) is 15.9 Å². The minimum absolute atomic E-state index is 0.541. The Morgan fingerprint density at radius 3 is 2.93 bits per heavy atom. The zero-order chi connectivity index (χ0) is 10.1. The molecule has 1 aromatic carbocycles. The molecule has 2 rings (SSSR count). The van der Waals surface area contributed by atoms with Gasteiger partial charge in [-0.1, -0.05) is 23.4 Å². The predicted octanol–water partition coefficient (Wildman–Crippen LogP) is 2.41. The second kappa shape index (κ2) is 3.71. The molecule has 0 aromatic heterocycles. The summed E-state index contributed by atoms with van der Waals surface area (Å²) < 4.78 is 0. The van der Waals surface area contributed by atoms with Crippen LogP contribution in [-0.4, -0.2) is 17.5 Å². The Morgan fingerprint density at radius 1 is 1.50 bits per heavy atom. The van der Waals surface area contributed by atoms with Crippen LogP contribution in [0, 0.1) is 5.41 Å². The van der Waals surface area contributed by atoms with Crippen LogP contribution in [0.4, 0.5) is 11.4 Å². The maximum absolute atomic E-state index is 7.70. The summed E-state index contributed by atoms with van der Waals surface area (Å²) in [6.45, 7) is 0.827. The summed E-state index contributed by atoms with van der Waals surface area (Å²) in [4.78, 5) is 1.88. The van der Waals surface area contributed by atoms with Crippen molar-refractivity contribution in [2.75, 3.05) is 22.9 Å². The molecule has 1 saturated heterocycles. The van der Waals surface area contributed by atoms with E-state index in [4.69, 9.17) is 22.7 Å². The number of nitrogens with zero attached hydrogens (tertiary/aromatic N) is 1. The van der Waals surface area contributed by atoms with Crippen LogP contribution in [0.1, 0.15) is 0 Å². The number of amidine groups is 1. The number of anilines is 2. The first-order chi connectivity index (χ1) is 6.68. The minimum atomic E-state index is 0.541. The lowest BCUT2D eigenvalue weighted by Gasteiger charge is -2.18. The Morgan fingerprint density at radius 2 is 2.29 bits per heavy atom. The van der Waals surface area contributed by atoms with Crippen molar-refractivity contribution in [2.24, 2.45) is 0 Å². The first-order valence-electron chi connectivity index (χ1n) is 4.22. The highest BCUT2D eigenvalue weighted by molar-refractivity contribution is 8.14. The predicted molar refractivity (Wildman–Crippen MR) is 63.4 cm³/mol. The molecular formula is C9H10ClN3S. The molecule has 3 N–H and O–H groups in total. The van der Waals surface area contributed by atoms with Crippen LogP contribution in [0.5, 0.6) is 0 Å². The lowest BCUT2D eigenvalue weighted by atomic mass is 10.2. The van der Waals surface area contributed by atoms with Crippen molar-refractivity contribution in [1.29, 1.82) is 5.41 Å². The van der Waals surface area contributed by atoms with Gasteiger partial charge in [-0.15, -0.1) is 0 Å². The second-order valence-electron chi connectivity index (χ2n) is 3.01. The van der Waals surface area contributed by atoms with Crippen LogP contribution in [0.3, 0.4) is 0 Å². The van der Waals surface area contributed by atoms with E-state index in [1.165, 1.54) is 11.8 Å². The number of nitrogen functional groups attached to an aromatic ring is 1. The van der Waals surface area contributed by atoms with Gasteiger partial charge >= 0.3 is 0 Å². The number of benzene rings is 1. The topological polar surface area (TPSA) is 53.1 Å². The van der Waals surface area contributed by atoms with Crippen LogP contribution in [0.2, 0.25) is 5.02 Å². The number of nitrogens with one attached hydrogen (secondary N) is 1. The van der Waals surface area contributed by atoms with Crippen LogP contribution in [-0.2, 0) is 0 Å². The van der Waals surface area contributed by atoms with E-state index in [0.717, 1.165) is 18.0 Å². The third-order valence-corrected chi connectivity index (χ3v) is 3.20. The Bertz CT molecular complexity index is 380. The smallest absolute Gasteiger partial charge is 0.161 e. The molecule has 0 amide bonds. The zero-order valence-corrected chi connectivity index (χ0v) is 9.03. The molecule has 0 radical (unpaired) electrons. The molecule has 0 aliphatic carbocycles. The summed E-state index contributed by atoms with van der Waals surface area (Å²) in [5.41, 5.74) is 7.33. The molecule has 14 heavy (non-hydrogen) atoms. The van der Waals surface area contributed by atoms with Crippen LogP contribution in [0.15, 0.2) is 18.2 Å². The van der Waals surface area contributed by atoms with Gasteiger partial charge in [-0.2, -0.15) is 0 Å². The van der Waals surface area contributed by atoms with Gasteiger partial charge in [0.05, 0.1) is 11.4 Å². The van der Waals surface area contributed by atoms with Crippen molar-refractivity contribution in [2.45, 2.75) is 0 Å². The van der Waals surface area contributed by atoms with Crippen molar-refractivity contribution in [3.05, 3.63) is 23.2 Å². The maximum atomic E-state index is 7.70. The van der Waals surface area contributed by atoms with Gasteiger partial charge in [0, 0.05) is 17.3 Å². The molecule has 1 fully saturated rings. The van der Waals surface area contributed by atoms with E-state index in [-0.39, 0.29) is 0 Å². The second-order valence-corrected chi connectivity index (χ2v) is 4.53. The fraction of sp³-hybridized carbons (Fsp3) is 0.222. The minimum Gasteiger partial charge on any atom is -0.397 e. The number of hydrogen-bond acceptors (Lipinski definition) is 3. The molecule has 0 saturated carbocycles. The Kier molecular flexibility index (Phi) is 2.56. The van der Waals surface area contributed by atoms with Gasteiger partial charge in [0.1, 0.15) is 0 Å². The first-order valence-corrected chi connectivity index (χ1v) is 5.59. The molecule has 1 aromatic rings. The highest BCUT2D eigenvalue weighted by Crippen LogP contribution is 2.31. The van der Waals surface area contributed by atoms with Gasteiger partial charge in [-0.3, -0.25) is 5.41 Å². The van der Waals surface area contributed by atoms with Gasteiger partial charge in [-0.25, -0.2) is 0 Å². The zero-order valence-electron chi connectivity index (χ0n) is 7.46. The van der Waals surface area contributed by atoms with Gasteiger partial charge in [0.25, 0.3) is 0 Å². The van der Waals surface area contributed by atoms with E-state index >= 15 is 0 Å². The molecule has 3 nitrogen and oxygen atoms in total. The summed E-state index contributed by atoms with van der Waals surface area (Å²) in [6, 6.07) is 5.33. The quantitative estimate of drug-likeness (QED) is 0.725. The summed E-state index contributed by atoms with van der Waals surface area (Å²) in [6.07, 6.45) is 0. The lowest BCUT2D eigenvalue weighted by molar-refractivity contribution is 1.10. The van der Waals surface area contributed by atoms with Crippen molar-refractivity contribution < 1.29 is 0 Å². The van der Waals surface area contributed by atoms with Crippen molar-refractivity contribution in [3.63, 3.8) is 0 Å². The SMILES string of the molecule is N=C1SCCN1c1cc(Cl)ccc1N. The molecule has 74 valence electrons. The summed E-state index contributed by atoms with van der Waals surface area (Å²) in [5.74, 6) is 0.935. The molecule has 1 aliphatic heterocycles. The first kappa shape index (κ1) is 9.68. The number of rotatable bonds is 1. The lowest BCUT2D eigenvalue weighted by Crippen LogP contribution is -2.23. The van der Waals surface area contributed by atoms with Gasteiger partial charge in [-0.05, 0) is 18.2 Å². The van der Waals surface area contributed by atoms with E-state index in [9.17, 15) is 0 Å². The average Bonchev–Trinajstić information content (AvgIpc) is 2.56. The Balaban J connectivity index is 2.39. The van der Waals surface area contributed by atoms with E-state index < -0.39 is 0 Å². The number of hydrogen-bond donors (Lipinski definition) is 2. The fourth-order valence-corrected chi connectivity index (χ4v) is 2.37. The Hall–Kier alpha value is -0.870. The number of halogens is 1. The summed E-state index contributed by atoms with van der Waals surface area (Å²) >= 11 is 7.41. The number of thioether (sulfide) groups is 1. The fourth-order valence-electron chi connectivity index (χ4n) is 1.39.